The number of rotatable bonds is 4. The van der Waals surface area contributed by atoms with E-state index < -0.39 is 0 Å². The lowest BCUT2D eigenvalue weighted by atomic mass is 10.1. The van der Waals surface area contributed by atoms with Gasteiger partial charge in [-0.15, -0.1) is 0 Å². The average Bonchev–Trinajstić information content (AvgIpc) is 2.89. The van der Waals surface area contributed by atoms with Crippen LogP contribution in [0.5, 0.6) is 0 Å². The summed E-state index contributed by atoms with van der Waals surface area (Å²) in [4.78, 5) is 19.1. The molecule has 1 aromatic carbocycles. The Balaban J connectivity index is 1.57. The number of carbonyl (C=O) groups excluding carboxylic acids is 1. The average molecular weight is 352 g/mol. The number of aryl methyl sites for hydroxylation is 2. The highest BCUT2D eigenvalue weighted by Crippen LogP contribution is 2.18. The molecule has 1 aromatic heterocycles. The molecule has 0 atom stereocenters. The summed E-state index contributed by atoms with van der Waals surface area (Å²) in [5.41, 5.74) is 4.16. The van der Waals surface area contributed by atoms with Crippen molar-refractivity contribution in [1.29, 1.82) is 0 Å². The van der Waals surface area contributed by atoms with E-state index in [0.29, 0.717) is 6.54 Å². The molecule has 1 aliphatic rings. The Bertz CT molecular complexity index is 731. The third-order valence-electron chi connectivity index (χ3n) is 4.67. The molecule has 5 nitrogen and oxygen atoms in total. The lowest BCUT2D eigenvalue weighted by Gasteiger charge is -2.21. The number of amides is 2. The van der Waals surface area contributed by atoms with Crippen LogP contribution in [-0.2, 0) is 6.54 Å². The van der Waals surface area contributed by atoms with Crippen LogP contribution < -0.4 is 15.5 Å². The minimum absolute atomic E-state index is 0.192. The molecule has 138 valence electrons. The van der Waals surface area contributed by atoms with Crippen LogP contribution >= 0.6 is 0 Å². The van der Waals surface area contributed by atoms with Crippen LogP contribution in [0.3, 0.4) is 0 Å². The van der Waals surface area contributed by atoms with E-state index in [1.165, 1.54) is 25.7 Å². The van der Waals surface area contributed by atoms with E-state index in [4.69, 9.17) is 0 Å². The molecule has 0 aliphatic carbocycles. The van der Waals surface area contributed by atoms with Crippen molar-refractivity contribution in [3.8, 4) is 0 Å². The van der Waals surface area contributed by atoms with Crippen molar-refractivity contribution < 1.29 is 4.79 Å². The van der Waals surface area contributed by atoms with Crippen LogP contribution in [0.2, 0.25) is 0 Å². The molecule has 1 aliphatic heterocycles. The number of hydrogen-bond acceptors (Lipinski definition) is 3. The van der Waals surface area contributed by atoms with Gasteiger partial charge in [-0.3, -0.25) is 0 Å². The van der Waals surface area contributed by atoms with Crippen molar-refractivity contribution in [3.63, 3.8) is 0 Å². The standard InChI is InChI=1S/C21H28N4O/c1-16-11-17(2)13-19(12-16)24-21(26)23-15-18-7-8-22-20(14-18)25-9-5-3-4-6-10-25/h7-8,11-14H,3-6,9-10,15H2,1-2H3,(H2,23,24,26). The summed E-state index contributed by atoms with van der Waals surface area (Å²) in [6.45, 7) is 6.67. The van der Waals surface area contributed by atoms with Crippen LogP contribution in [-0.4, -0.2) is 24.1 Å². The lowest BCUT2D eigenvalue weighted by Crippen LogP contribution is -2.29. The van der Waals surface area contributed by atoms with E-state index in [0.717, 1.165) is 41.3 Å². The number of pyridine rings is 1. The highest BCUT2D eigenvalue weighted by molar-refractivity contribution is 5.89. The Morgan fingerprint density at radius 2 is 1.73 bits per heavy atom. The summed E-state index contributed by atoms with van der Waals surface area (Å²) in [7, 11) is 0. The van der Waals surface area contributed by atoms with Gasteiger partial charge in [0.25, 0.3) is 0 Å². The van der Waals surface area contributed by atoms with E-state index in [-0.39, 0.29) is 6.03 Å². The molecule has 1 fully saturated rings. The predicted molar refractivity (Wildman–Crippen MR) is 107 cm³/mol. The Morgan fingerprint density at radius 1 is 1.04 bits per heavy atom. The molecule has 2 heterocycles. The molecular formula is C21H28N4O. The highest BCUT2D eigenvalue weighted by atomic mass is 16.2. The van der Waals surface area contributed by atoms with Gasteiger partial charge >= 0.3 is 6.03 Å². The van der Waals surface area contributed by atoms with Gasteiger partial charge in [0, 0.05) is 31.5 Å². The van der Waals surface area contributed by atoms with Gasteiger partial charge < -0.3 is 15.5 Å². The Kier molecular flexibility index (Phi) is 6.10. The monoisotopic (exact) mass is 352 g/mol. The lowest BCUT2D eigenvalue weighted by molar-refractivity contribution is 0.251. The minimum atomic E-state index is -0.192. The SMILES string of the molecule is Cc1cc(C)cc(NC(=O)NCc2ccnc(N3CCCCCC3)c2)c1. The smallest absolute Gasteiger partial charge is 0.319 e. The van der Waals surface area contributed by atoms with E-state index in [1.807, 2.05) is 38.2 Å². The molecule has 5 heteroatoms. The summed E-state index contributed by atoms with van der Waals surface area (Å²) in [5, 5.41) is 5.84. The molecule has 0 saturated carbocycles. The fraction of sp³-hybridized carbons (Fsp3) is 0.429. The fourth-order valence-corrected chi connectivity index (χ4v) is 3.45. The molecule has 1 saturated heterocycles. The Hall–Kier alpha value is -2.56. The summed E-state index contributed by atoms with van der Waals surface area (Å²) < 4.78 is 0. The zero-order valence-corrected chi connectivity index (χ0v) is 15.7. The maximum atomic E-state index is 12.2. The van der Waals surface area contributed by atoms with Gasteiger partial charge in [0.05, 0.1) is 0 Å². The number of anilines is 2. The molecule has 0 unspecified atom stereocenters. The summed E-state index contributed by atoms with van der Waals surface area (Å²) >= 11 is 0. The zero-order chi connectivity index (χ0) is 18.4. The number of nitrogens with one attached hydrogen (secondary N) is 2. The zero-order valence-electron chi connectivity index (χ0n) is 15.7. The summed E-state index contributed by atoms with van der Waals surface area (Å²) in [6.07, 6.45) is 6.89. The molecule has 26 heavy (non-hydrogen) atoms. The third-order valence-corrected chi connectivity index (χ3v) is 4.67. The predicted octanol–water partition coefficient (Wildman–Crippen LogP) is 4.40. The Morgan fingerprint density at radius 3 is 2.42 bits per heavy atom. The molecule has 2 N–H and O–H groups in total. The number of benzene rings is 1. The number of nitrogens with zero attached hydrogens (tertiary/aromatic N) is 2. The van der Waals surface area contributed by atoms with Crippen LogP contribution in [0, 0.1) is 13.8 Å². The maximum absolute atomic E-state index is 12.2. The van der Waals surface area contributed by atoms with Gasteiger partial charge in [0.1, 0.15) is 5.82 Å². The fourth-order valence-electron chi connectivity index (χ4n) is 3.45. The van der Waals surface area contributed by atoms with Gasteiger partial charge in [-0.25, -0.2) is 9.78 Å². The minimum Gasteiger partial charge on any atom is -0.357 e. The van der Waals surface area contributed by atoms with Crippen LogP contribution in [0.1, 0.15) is 42.4 Å². The normalized spacial score (nSPS) is 14.6. The number of urea groups is 1. The number of hydrogen-bond donors (Lipinski definition) is 2. The van der Waals surface area contributed by atoms with E-state index in [9.17, 15) is 4.79 Å². The van der Waals surface area contributed by atoms with Crippen LogP contribution in [0.15, 0.2) is 36.5 Å². The van der Waals surface area contributed by atoms with Gasteiger partial charge in [0.15, 0.2) is 0 Å². The number of aromatic nitrogens is 1. The second-order valence-electron chi connectivity index (χ2n) is 7.11. The first kappa shape index (κ1) is 18.2. The van der Waals surface area contributed by atoms with Crippen molar-refractivity contribution >= 4 is 17.5 Å². The van der Waals surface area contributed by atoms with Crippen molar-refractivity contribution in [2.75, 3.05) is 23.3 Å². The molecule has 0 radical (unpaired) electrons. The first-order chi connectivity index (χ1) is 12.6. The number of carbonyl (C=O) groups is 1. The first-order valence-corrected chi connectivity index (χ1v) is 9.43. The van der Waals surface area contributed by atoms with E-state index >= 15 is 0 Å². The molecule has 2 aromatic rings. The molecule has 3 rings (SSSR count). The summed E-state index contributed by atoms with van der Waals surface area (Å²) in [5.74, 6) is 1.01. The largest absolute Gasteiger partial charge is 0.357 e. The van der Waals surface area contributed by atoms with Gasteiger partial charge in [-0.1, -0.05) is 18.9 Å². The molecule has 0 bridgehead atoms. The van der Waals surface area contributed by atoms with E-state index in [2.05, 4.69) is 32.7 Å². The second kappa shape index (κ2) is 8.70. The maximum Gasteiger partial charge on any atom is 0.319 e. The second-order valence-corrected chi connectivity index (χ2v) is 7.11. The molecule has 0 spiro atoms. The van der Waals surface area contributed by atoms with E-state index in [1.54, 1.807) is 0 Å². The Labute approximate surface area is 155 Å². The summed E-state index contributed by atoms with van der Waals surface area (Å²) in [6, 6.07) is 9.88. The van der Waals surface area contributed by atoms with Crippen LogP contribution in [0.25, 0.3) is 0 Å². The van der Waals surface area contributed by atoms with Gasteiger partial charge in [-0.05, 0) is 67.6 Å². The molecule has 2 amide bonds. The molecular weight excluding hydrogens is 324 g/mol. The third kappa shape index (κ3) is 5.22. The van der Waals surface area contributed by atoms with Gasteiger partial charge in [-0.2, -0.15) is 0 Å². The van der Waals surface area contributed by atoms with Crippen molar-refractivity contribution in [3.05, 3.63) is 53.2 Å². The highest BCUT2D eigenvalue weighted by Gasteiger charge is 2.11. The van der Waals surface area contributed by atoms with Crippen molar-refractivity contribution in [1.82, 2.24) is 10.3 Å². The first-order valence-electron chi connectivity index (χ1n) is 9.43. The quantitative estimate of drug-likeness (QED) is 0.857. The van der Waals surface area contributed by atoms with Crippen molar-refractivity contribution in [2.24, 2.45) is 0 Å². The van der Waals surface area contributed by atoms with Crippen molar-refractivity contribution in [2.45, 2.75) is 46.1 Å². The van der Waals surface area contributed by atoms with Crippen LogP contribution in [0.4, 0.5) is 16.3 Å². The van der Waals surface area contributed by atoms with Gasteiger partial charge in [0.2, 0.25) is 0 Å². The topological polar surface area (TPSA) is 57.3 Å².